The highest BCUT2D eigenvalue weighted by Crippen LogP contribution is 2.36. The van der Waals surface area contributed by atoms with Crippen LogP contribution in [0.25, 0.3) is 0 Å². The number of ether oxygens (including phenoxy) is 2. The fraction of sp³-hybridized carbons (Fsp3) is 0.368. The van der Waals surface area contributed by atoms with E-state index in [2.05, 4.69) is 16.0 Å². The molecule has 0 radical (unpaired) electrons. The van der Waals surface area contributed by atoms with Crippen LogP contribution in [0.2, 0.25) is 0 Å². The molecule has 2 aliphatic rings. The molecule has 1 aromatic carbocycles. The third kappa shape index (κ3) is 4.89. The van der Waals surface area contributed by atoms with Crippen LogP contribution in [0, 0.1) is 0 Å². The van der Waals surface area contributed by atoms with E-state index >= 15 is 0 Å². The van der Waals surface area contributed by atoms with E-state index in [1.807, 2.05) is 18.2 Å². The molecule has 3 rings (SSSR count). The summed E-state index contributed by atoms with van der Waals surface area (Å²) in [6.07, 6.45) is -0.144. The number of fused-ring (bicyclic) bond motifs is 1. The lowest BCUT2D eigenvalue weighted by Crippen LogP contribution is -2.50. The number of para-hydroxylation sites is 1. The van der Waals surface area contributed by atoms with Crippen LogP contribution in [0.5, 0.6) is 0 Å². The van der Waals surface area contributed by atoms with E-state index < -0.39 is 29.3 Å². The van der Waals surface area contributed by atoms with Crippen molar-refractivity contribution >= 4 is 41.3 Å². The molecule has 154 valence electrons. The van der Waals surface area contributed by atoms with E-state index in [1.165, 1.54) is 11.8 Å². The number of carbonyl (C=O) groups excluding carboxylic acids is 4. The summed E-state index contributed by atoms with van der Waals surface area (Å²) in [5.41, 5.74) is 1.07. The molecule has 0 saturated heterocycles. The van der Waals surface area contributed by atoms with Crippen molar-refractivity contribution in [3.63, 3.8) is 0 Å². The standard InChI is InChI=1S/C19H21N3O6S/c1-3-27-18(25)16-10(2)20-19(26)22-12(16)9-28-15(23)8-14-17(24)21-11-6-4-5-7-13(11)29-14/h4-7,10,14H,3,8-9H2,1-2H3,(H,21,24)(H2,20,22,26)/t10-,14-/m0/s1. The zero-order valence-electron chi connectivity index (χ0n) is 15.9. The van der Waals surface area contributed by atoms with Crippen molar-refractivity contribution in [1.82, 2.24) is 10.6 Å². The van der Waals surface area contributed by atoms with E-state index in [-0.39, 0.29) is 36.8 Å². The van der Waals surface area contributed by atoms with E-state index in [0.717, 1.165) is 4.90 Å². The van der Waals surface area contributed by atoms with Gasteiger partial charge in [-0.1, -0.05) is 12.1 Å². The van der Waals surface area contributed by atoms with Crippen LogP contribution in [0.4, 0.5) is 10.5 Å². The number of esters is 2. The second-order valence-electron chi connectivity index (χ2n) is 6.39. The third-order valence-corrected chi connectivity index (χ3v) is 5.58. The summed E-state index contributed by atoms with van der Waals surface area (Å²) in [6.45, 7) is 3.17. The second-order valence-corrected chi connectivity index (χ2v) is 7.63. The molecule has 0 bridgehead atoms. The first-order valence-electron chi connectivity index (χ1n) is 9.09. The highest BCUT2D eigenvalue weighted by molar-refractivity contribution is 8.01. The second kappa shape index (κ2) is 8.99. The molecular weight excluding hydrogens is 398 g/mol. The van der Waals surface area contributed by atoms with Gasteiger partial charge in [0, 0.05) is 4.90 Å². The summed E-state index contributed by atoms with van der Waals surface area (Å²) in [6, 6.07) is 6.22. The number of amides is 3. The maximum absolute atomic E-state index is 12.3. The molecule has 29 heavy (non-hydrogen) atoms. The zero-order chi connectivity index (χ0) is 21.0. The summed E-state index contributed by atoms with van der Waals surface area (Å²) in [7, 11) is 0. The number of anilines is 1. The van der Waals surface area contributed by atoms with Crippen LogP contribution in [0.1, 0.15) is 20.3 Å². The number of rotatable bonds is 6. The Labute approximate surface area is 171 Å². The highest BCUT2D eigenvalue weighted by Gasteiger charge is 2.32. The van der Waals surface area contributed by atoms with Crippen LogP contribution in [-0.2, 0) is 23.9 Å². The van der Waals surface area contributed by atoms with Gasteiger partial charge in [0.2, 0.25) is 5.91 Å². The van der Waals surface area contributed by atoms with E-state index in [9.17, 15) is 19.2 Å². The first-order chi connectivity index (χ1) is 13.9. The minimum absolute atomic E-state index is 0.144. The molecular formula is C19H21N3O6S. The first-order valence-corrected chi connectivity index (χ1v) is 9.96. The van der Waals surface area contributed by atoms with Crippen molar-refractivity contribution in [2.45, 2.75) is 36.5 Å². The molecule has 9 nitrogen and oxygen atoms in total. The molecule has 0 aliphatic carbocycles. The van der Waals surface area contributed by atoms with Crippen LogP contribution in [0.3, 0.4) is 0 Å². The molecule has 2 heterocycles. The molecule has 0 unspecified atom stereocenters. The number of carbonyl (C=O) groups is 4. The van der Waals surface area contributed by atoms with Gasteiger partial charge in [-0.3, -0.25) is 9.59 Å². The number of hydrogen-bond acceptors (Lipinski definition) is 7. The van der Waals surface area contributed by atoms with Crippen LogP contribution < -0.4 is 16.0 Å². The molecule has 0 fully saturated rings. The predicted molar refractivity (Wildman–Crippen MR) is 105 cm³/mol. The summed E-state index contributed by atoms with van der Waals surface area (Å²) in [4.78, 5) is 49.3. The van der Waals surface area contributed by atoms with Gasteiger partial charge in [0.25, 0.3) is 0 Å². The lowest BCUT2D eigenvalue weighted by atomic mass is 10.0. The smallest absolute Gasteiger partial charge is 0.338 e. The van der Waals surface area contributed by atoms with Gasteiger partial charge in [0.15, 0.2) is 0 Å². The minimum atomic E-state index is -0.627. The Balaban J connectivity index is 1.64. The van der Waals surface area contributed by atoms with Crippen molar-refractivity contribution in [3.8, 4) is 0 Å². The van der Waals surface area contributed by atoms with E-state index in [0.29, 0.717) is 5.69 Å². The fourth-order valence-electron chi connectivity index (χ4n) is 2.98. The van der Waals surface area contributed by atoms with Gasteiger partial charge in [-0.2, -0.15) is 0 Å². The average molecular weight is 419 g/mol. The molecule has 3 amide bonds. The van der Waals surface area contributed by atoms with E-state index in [1.54, 1.807) is 19.9 Å². The van der Waals surface area contributed by atoms with Gasteiger partial charge in [-0.05, 0) is 26.0 Å². The summed E-state index contributed by atoms with van der Waals surface area (Å²) >= 11 is 1.29. The SMILES string of the molecule is CCOC(=O)C1=C(COC(=O)C[C@@H]2Sc3ccccc3NC2=O)NC(=O)N[C@H]1C. The first kappa shape index (κ1) is 20.7. The molecule has 0 saturated carbocycles. The molecule has 2 atom stereocenters. The maximum atomic E-state index is 12.3. The zero-order valence-corrected chi connectivity index (χ0v) is 16.8. The van der Waals surface area contributed by atoms with Crippen LogP contribution in [0.15, 0.2) is 40.4 Å². The Morgan fingerprint density at radius 2 is 1.90 bits per heavy atom. The largest absolute Gasteiger partial charge is 0.463 e. The van der Waals surface area contributed by atoms with Crippen molar-refractivity contribution in [3.05, 3.63) is 35.5 Å². The lowest BCUT2D eigenvalue weighted by Gasteiger charge is -2.26. The number of urea groups is 1. The predicted octanol–water partition coefficient (Wildman–Crippen LogP) is 1.55. The minimum Gasteiger partial charge on any atom is -0.463 e. The lowest BCUT2D eigenvalue weighted by molar-refractivity contribution is -0.144. The molecule has 3 N–H and O–H groups in total. The molecule has 0 spiro atoms. The topological polar surface area (TPSA) is 123 Å². The van der Waals surface area contributed by atoms with Gasteiger partial charge in [-0.15, -0.1) is 11.8 Å². The fourth-order valence-corrected chi connectivity index (χ4v) is 4.08. The Morgan fingerprint density at radius 3 is 2.66 bits per heavy atom. The van der Waals surface area contributed by atoms with Crippen LogP contribution in [-0.4, -0.2) is 48.4 Å². The number of thioether (sulfide) groups is 1. The van der Waals surface area contributed by atoms with Gasteiger partial charge < -0.3 is 25.4 Å². The van der Waals surface area contributed by atoms with Crippen molar-refractivity contribution in [1.29, 1.82) is 0 Å². The van der Waals surface area contributed by atoms with Crippen molar-refractivity contribution < 1.29 is 28.7 Å². The number of hydrogen-bond donors (Lipinski definition) is 3. The molecule has 2 aliphatic heterocycles. The normalized spacial score (nSPS) is 20.8. The Kier molecular flexibility index (Phi) is 6.42. The van der Waals surface area contributed by atoms with Gasteiger partial charge in [0.1, 0.15) is 6.61 Å². The number of benzene rings is 1. The third-order valence-electron chi connectivity index (χ3n) is 4.30. The van der Waals surface area contributed by atoms with E-state index in [4.69, 9.17) is 9.47 Å². The Morgan fingerprint density at radius 1 is 1.14 bits per heavy atom. The van der Waals surface area contributed by atoms with Gasteiger partial charge in [-0.25, -0.2) is 9.59 Å². The summed E-state index contributed by atoms with van der Waals surface area (Å²) < 4.78 is 10.2. The molecule has 0 aromatic heterocycles. The van der Waals surface area contributed by atoms with Crippen molar-refractivity contribution in [2.24, 2.45) is 0 Å². The molecule has 1 aromatic rings. The van der Waals surface area contributed by atoms with Gasteiger partial charge in [0.05, 0.1) is 41.3 Å². The highest BCUT2D eigenvalue weighted by atomic mass is 32.2. The quantitative estimate of drug-likeness (QED) is 0.598. The molecule has 10 heteroatoms. The van der Waals surface area contributed by atoms with Crippen LogP contribution >= 0.6 is 11.8 Å². The summed E-state index contributed by atoms with van der Waals surface area (Å²) in [5.74, 6) is -1.49. The van der Waals surface area contributed by atoms with Crippen molar-refractivity contribution in [2.75, 3.05) is 18.5 Å². The monoisotopic (exact) mass is 419 g/mol. The Hall–Kier alpha value is -3.01. The summed E-state index contributed by atoms with van der Waals surface area (Å²) in [5, 5.41) is 7.18. The Bertz CT molecular complexity index is 884. The van der Waals surface area contributed by atoms with Gasteiger partial charge >= 0.3 is 18.0 Å². The average Bonchev–Trinajstić information content (AvgIpc) is 2.66. The number of nitrogens with one attached hydrogen (secondary N) is 3. The maximum Gasteiger partial charge on any atom is 0.338 e.